The molecule has 1 fully saturated rings. The van der Waals surface area contributed by atoms with Crippen LogP contribution in [0.5, 0.6) is 5.75 Å². The molecule has 1 aliphatic rings. The fraction of sp³-hybridized carbons (Fsp3) is 0.500. The van der Waals surface area contributed by atoms with Crippen molar-refractivity contribution >= 4 is 6.09 Å². The van der Waals surface area contributed by atoms with E-state index in [-0.39, 0.29) is 12.2 Å². The number of rotatable bonds is 4. The molecule has 0 bridgehead atoms. The molecule has 0 aliphatic carbocycles. The summed E-state index contributed by atoms with van der Waals surface area (Å²) >= 11 is 0. The van der Waals surface area contributed by atoms with E-state index in [1.165, 1.54) is 0 Å². The predicted molar refractivity (Wildman–Crippen MR) is 72.3 cm³/mol. The van der Waals surface area contributed by atoms with Crippen molar-refractivity contribution < 1.29 is 14.3 Å². The van der Waals surface area contributed by atoms with E-state index >= 15 is 0 Å². The first-order valence-electron chi connectivity index (χ1n) is 6.55. The third kappa shape index (κ3) is 3.61. The Kier molecular flexibility index (Phi) is 4.63. The molecule has 5 nitrogen and oxygen atoms in total. The van der Waals surface area contributed by atoms with E-state index in [9.17, 15) is 4.79 Å². The van der Waals surface area contributed by atoms with Crippen molar-refractivity contribution in [2.24, 2.45) is 0 Å². The minimum atomic E-state index is -0.412. The molecule has 104 valence electrons. The SMILES string of the molecule is CCN1C[C@H](OC(=O)NC)[C@@H](Oc2ccccc2)C1. The largest absolute Gasteiger partial charge is 0.485 e. The molecule has 5 heteroatoms. The van der Waals surface area contributed by atoms with Gasteiger partial charge in [0.2, 0.25) is 0 Å². The Labute approximate surface area is 113 Å². The number of carbonyl (C=O) groups is 1. The normalized spacial score (nSPS) is 23.1. The highest BCUT2D eigenvalue weighted by Crippen LogP contribution is 2.20. The number of hydrogen-bond donors (Lipinski definition) is 1. The Morgan fingerprint density at radius 3 is 2.63 bits per heavy atom. The first kappa shape index (κ1) is 13.7. The zero-order valence-electron chi connectivity index (χ0n) is 11.3. The molecule has 0 unspecified atom stereocenters. The summed E-state index contributed by atoms with van der Waals surface area (Å²) in [5.74, 6) is 0.802. The van der Waals surface area contributed by atoms with Gasteiger partial charge in [0.05, 0.1) is 0 Å². The number of ether oxygens (including phenoxy) is 2. The van der Waals surface area contributed by atoms with Crippen LogP contribution in [0.15, 0.2) is 30.3 Å². The van der Waals surface area contributed by atoms with Crippen molar-refractivity contribution in [2.75, 3.05) is 26.7 Å². The summed E-state index contributed by atoms with van der Waals surface area (Å²) in [6.45, 7) is 4.48. The highest BCUT2D eigenvalue weighted by atomic mass is 16.6. The standard InChI is InChI=1S/C14H20N2O3/c1-3-16-9-12(13(10-16)19-14(17)15-2)18-11-7-5-4-6-8-11/h4-8,12-13H,3,9-10H2,1-2H3,(H,15,17)/t12-,13-/m0/s1. The highest BCUT2D eigenvalue weighted by Gasteiger charge is 2.36. The van der Waals surface area contributed by atoms with Gasteiger partial charge in [-0.05, 0) is 18.7 Å². The van der Waals surface area contributed by atoms with Crippen molar-refractivity contribution in [3.8, 4) is 5.75 Å². The lowest BCUT2D eigenvalue weighted by atomic mass is 10.2. The Hall–Kier alpha value is -1.75. The Morgan fingerprint density at radius 2 is 2.00 bits per heavy atom. The van der Waals surface area contributed by atoms with E-state index in [2.05, 4.69) is 17.1 Å². The van der Waals surface area contributed by atoms with Crippen LogP contribution in [0.2, 0.25) is 0 Å². The van der Waals surface area contributed by atoms with Gasteiger partial charge in [0, 0.05) is 20.1 Å². The minimum Gasteiger partial charge on any atom is -0.485 e. The van der Waals surface area contributed by atoms with Crippen molar-refractivity contribution in [1.82, 2.24) is 10.2 Å². The maximum Gasteiger partial charge on any atom is 0.407 e. The summed E-state index contributed by atoms with van der Waals surface area (Å²) in [6, 6.07) is 9.61. The van der Waals surface area contributed by atoms with Crippen LogP contribution in [0.4, 0.5) is 4.79 Å². The monoisotopic (exact) mass is 264 g/mol. The quantitative estimate of drug-likeness (QED) is 0.895. The van der Waals surface area contributed by atoms with Crippen LogP contribution in [-0.4, -0.2) is 49.9 Å². The highest BCUT2D eigenvalue weighted by molar-refractivity contribution is 5.67. The average Bonchev–Trinajstić information content (AvgIpc) is 2.82. The number of alkyl carbamates (subject to hydrolysis) is 1. The van der Waals surface area contributed by atoms with Gasteiger partial charge in [0.15, 0.2) is 6.10 Å². The first-order valence-corrected chi connectivity index (χ1v) is 6.55. The molecular formula is C14H20N2O3. The summed E-state index contributed by atoms with van der Waals surface area (Å²) in [5.41, 5.74) is 0. The number of amides is 1. The summed E-state index contributed by atoms with van der Waals surface area (Å²) in [7, 11) is 1.56. The number of carbonyl (C=O) groups excluding carboxylic acids is 1. The maximum absolute atomic E-state index is 11.4. The molecule has 2 rings (SSSR count). The van der Waals surface area contributed by atoms with Gasteiger partial charge in [0.25, 0.3) is 0 Å². The third-order valence-electron chi connectivity index (χ3n) is 3.23. The molecule has 0 radical (unpaired) electrons. The Morgan fingerprint density at radius 1 is 1.32 bits per heavy atom. The molecule has 1 saturated heterocycles. The lowest BCUT2D eigenvalue weighted by molar-refractivity contribution is 0.0455. The molecule has 1 aliphatic heterocycles. The number of para-hydroxylation sites is 1. The summed E-state index contributed by atoms with van der Waals surface area (Å²) < 4.78 is 11.3. The number of likely N-dealkylation sites (tertiary alicyclic amines) is 1. The number of likely N-dealkylation sites (N-methyl/N-ethyl adjacent to an activating group) is 1. The Bertz CT molecular complexity index is 410. The van der Waals surface area contributed by atoms with Crippen molar-refractivity contribution in [1.29, 1.82) is 0 Å². The average molecular weight is 264 g/mol. The molecule has 19 heavy (non-hydrogen) atoms. The second-order valence-corrected chi connectivity index (χ2v) is 4.52. The molecule has 1 aromatic carbocycles. The van der Waals surface area contributed by atoms with Gasteiger partial charge in [-0.15, -0.1) is 0 Å². The van der Waals surface area contributed by atoms with E-state index < -0.39 is 6.09 Å². The molecule has 2 atom stereocenters. The van der Waals surface area contributed by atoms with Crippen molar-refractivity contribution in [2.45, 2.75) is 19.1 Å². The smallest absolute Gasteiger partial charge is 0.407 e. The van der Waals surface area contributed by atoms with Gasteiger partial charge in [-0.2, -0.15) is 0 Å². The van der Waals surface area contributed by atoms with Gasteiger partial charge in [-0.3, -0.25) is 4.90 Å². The molecule has 0 spiro atoms. The third-order valence-corrected chi connectivity index (χ3v) is 3.23. The van der Waals surface area contributed by atoms with Crippen LogP contribution >= 0.6 is 0 Å². The second kappa shape index (κ2) is 6.43. The second-order valence-electron chi connectivity index (χ2n) is 4.52. The number of hydrogen-bond acceptors (Lipinski definition) is 4. The number of benzene rings is 1. The van der Waals surface area contributed by atoms with Crippen molar-refractivity contribution in [3.05, 3.63) is 30.3 Å². The van der Waals surface area contributed by atoms with Gasteiger partial charge < -0.3 is 14.8 Å². The molecule has 0 saturated carbocycles. The molecule has 1 N–H and O–H groups in total. The van der Waals surface area contributed by atoms with Gasteiger partial charge in [-0.1, -0.05) is 25.1 Å². The van der Waals surface area contributed by atoms with Crippen molar-refractivity contribution in [3.63, 3.8) is 0 Å². The minimum absolute atomic E-state index is 0.125. The first-order chi connectivity index (χ1) is 9.22. The van der Waals surface area contributed by atoms with E-state index in [0.717, 1.165) is 18.8 Å². The molecule has 1 heterocycles. The van der Waals surface area contributed by atoms with E-state index in [0.29, 0.717) is 6.54 Å². The molecule has 1 amide bonds. The van der Waals surface area contributed by atoms with Crippen LogP contribution in [0, 0.1) is 0 Å². The predicted octanol–water partition coefficient (Wildman–Crippen LogP) is 1.49. The molecular weight excluding hydrogens is 244 g/mol. The zero-order valence-corrected chi connectivity index (χ0v) is 11.3. The molecule has 1 aromatic rings. The van der Waals surface area contributed by atoms with E-state index in [4.69, 9.17) is 9.47 Å². The number of nitrogens with zero attached hydrogens (tertiary/aromatic N) is 1. The Balaban J connectivity index is 2.01. The van der Waals surface area contributed by atoms with Gasteiger partial charge >= 0.3 is 6.09 Å². The van der Waals surface area contributed by atoms with Crippen LogP contribution in [-0.2, 0) is 4.74 Å². The van der Waals surface area contributed by atoms with Crippen LogP contribution in [0.1, 0.15) is 6.92 Å². The van der Waals surface area contributed by atoms with Gasteiger partial charge in [-0.25, -0.2) is 4.79 Å². The number of nitrogens with one attached hydrogen (secondary N) is 1. The zero-order chi connectivity index (χ0) is 13.7. The van der Waals surface area contributed by atoms with E-state index in [1.807, 2.05) is 30.3 Å². The summed E-state index contributed by atoms with van der Waals surface area (Å²) in [5, 5.41) is 2.47. The summed E-state index contributed by atoms with van der Waals surface area (Å²) in [4.78, 5) is 13.6. The van der Waals surface area contributed by atoms with E-state index in [1.54, 1.807) is 7.05 Å². The van der Waals surface area contributed by atoms with Gasteiger partial charge in [0.1, 0.15) is 11.9 Å². The fourth-order valence-corrected chi connectivity index (χ4v) is 2.17. The van der Waals surface area contributed by atoms with Crippen LogP contribution in [0.25, 0.3) is 0 Å². The fourth-order valence-electron chi connectivity index (χ4n) is 2.17. The molecule has 0 aromatic heterocycles. The lowest BCUT2D eigenvalue weighted by Crippen LogP contribution is -2.36. The van der Waals surface area contributed by atoms with Crippen LogP contribution < -0.4 is 10.1 Å². The van der Waals surface area contributed by atoms with Crippen LogP contribution in [0.3, 0.4) is 0 Å². The maximum atomic E-state index is 11.4. The lowest BCUT2D eigenvalue weighted by Gasteiger charge is -2.20. The summed E-state index contributed by atoms with van der Waals surface area (Å²) in [6.07, 6.45) is -0.774. The topological polar surface area (TPSA) is 50.8 Å².